The lowest BCUT2D eigenvalue weighted by Gasteiger charge is -2.03. The molecule has 3 rings (SSSR count). The van der Waals surface area contributed by atoms with Gasteiger partial charge in [0.05, 0.1) is 11.9 Å². The van der Waals surface area contributed by atoms with E-state index in [0.717, 1.165) is 21.0 Å². The molecule has 0 saturated carbocycles. The lowest BCUT2D eigenvalue weighted by atomic mass is 10.2. The summed E-state index contributed by atoms with van der Waals surface area (Å²) in [7, 11) is 0. The monoisotopic (exact) mass is 274 g/mol. The third-order valence-corrected chi connectivity index (χ3v) is 4.42. The summed E-state index contributed by atoms with van der Waals surface area (Å²) in [6.07, 6.45) is 1.74. The van der Waals surface area contributed by atoms with Gasteiger partial charge in [-0.1, -0.05) is 0 Å². The number of aryl methyl sites for hydroxylation is 3. The van der Waals surface area contributed by atoms with Crippen LogP contribution in [0.25, 0.3) is 10.2 Å². The molecule has 0 radical (unpaired) electrons. The molecular formula is C13H14N4OS. The standard InChI is InChI=1S/C13H14N4OS/c1-7-4-5-14-17(7)6-10-15-12(18)11-8(2)9(3)19-13(11)16-10/h4-5H,6H2,1-3H3,(H,15,16,18). The van der Waals surface area contributed by atoms with Gasteiger partial charge in [-0.05, 0) is 32.4 Å². The highest BCUT2D eigenvalue weighted by Gasteiger charge is 2.12. The molecule has 0 aliphatic heterocycles. The van der Waals surface area contributed by atoms with E-state index in [4.69, 9.17) is 0 Å². The molecule has 0 aliphatic rings. The third-order valence-electron chi connectivity index (χ3n) is 3.32. The molecule has 3 aromatic rings. The highest BCUT2D eigenvalue weighted by Crippen LogP contribution is 2.25. The van der Waals surface area contributed by atoms with Gasteiger partial charge in [-0.25, -0.2) is 4.98 Å². The Balaban J connectivity index is 2.12. The fourth-order valence-electron chi connectivity index (χ4n) is 2.08. The molecule has 3 heterocycles. The van der Waals surface area contributed by atoms with Crippen LogP contribution in [0.2, 0.25) is 0 Å². The van der Waals surface area contributed by atoms with Crippen LogP contribution >= 0.6 is 11.3 Å². The van der Waals surface area contributed by atoms with E-state index in [1.54, 1.807) is 17.5 Å². The summed E-state index contributed by atoms with van der Waals surface area (Å²) < 4.78 is 1.82. The Labute approximate surface area is 113 Å². The van der Waals surface area contributed by atoms with E-state index in [1.807, 2.05) is 31.5 Å². The number of hydrogen-bond acceptors (Lipinski definition) is 4. The molecule has 0 unspecified atom stereocenters. The third kappa shape index (κ3) is 1.98. The molecule has 6 heteroatoms. The summed E-state index contributed by atoms with van der Waals surface area (Å²) in [4.78, 5) is 21.5. The average Bonchev–Trinajstić information content (AvgIpc) is 2.85. The van der Waals surface area contributed by atoms with E-state index in [9.17, 15) is 4.79 Å². The topological polar surface area (TPSA) is 63.6 Å². The predicted molar refractivity (Wildman–Crippen MR) is 75.8 cm³/mol. The fourth-order valence-corrected chi connectivity index (χ4v) is 3.13. The van der Waals surface area contributed by atoms with Crippen LogP contribution in [-0.2, 0) is 6.54 Å². The SMILES string of the molecule is Cc1sc2nc(Cn3nccc3C)[nH]c(=O)c2c1C. The molecular weight excluding hydrogens is 260 g/mol. The largest absolute Gasteiger partial charge is 0.308 e. The summed E-state index contributed by atoms with van der Waals surface area (Å²) in [5, 5.41) is 4.91. The molecule has 0 aromatic carbocycles. The summed E-state index contributed by atoms with van der Waals surface area (Å²) in [5.41, 5.74) is 2.00. The normalized spacial score (nSPS) is 11.3. The Morgan fingerprint density at radius 3 is 2.84 bits per heavy atom. The first kappa shape index (κ1) is 12.1. The average molecular weight is 274 g/mol. The number of hydrogen-bond donors (Lipinski definition) is 1. The lowest BCUT2D eigenvalue weighted by Crippen LogP contribution is -2.15. The molecule has 0 atom stereocenters. The second-order valence-electron chi connectivity index (χ2n) is 4.61. The number of rotatable bonds is 2. The molecule has 5 nitrogen and oxygen atoms in total. The number of thiophene rings is 1. The lowest BCUT2D eigenvalue weighted by molar-refractivity contribution is 0.638. The van der Waals surface area contributed by atoms with Crippen LogP contribution in [0.15, 0.2) is 17.1 Å². The van der Waals surface area contributed by atoms with E-state index < -0.39 is 0 Å². The first-order valence-electron chi connectivity index (χ1n) is 6.03. The zero-order chi connectivity index (χ0) is 13.6. The number of nitrogens with zero attached hydrogens (tertiary/aromatic N) is 3. The minimum Gasteiger partial charge on any atom is -0.308 e. The maximum absolute atomic E-state index is 12.1. The maximum atomic E-state index is 12.1. The summed E-state index contributed by atoms with van der Waals surface area (Å²) in [6, 6.07) is 1.93. The maximum Gasteiger partial charge on any atom is 0.259 e. The van der Waals surface area contributed by atoms with Crippen molar-refractivity contribution in [3.05, 3.63) is 44.6 Å². The van der Waals surface area contributed by atoms with E-state index in [0.29, 0.717) is 17.8 Å². The Bertz CT molecular complexity index is 812. The molecule has 3 aromatic heterocycles. The van der Waals surface area contributed by atoms with E-state index in [1.165, 1.54) is 0 Å². The Hall–Kier alpha value is -1.95. The second-order valence-corrected chi connectivity index (χ2v) is 5.81. The van der Waals surface area contributed by atoms with Crippen molar-refractivity contribution in [3.8, 4) is 0 Å². The summed E-state index contributed by atoms with van der Waals surface area (Å²) in [5.74, 6) is 0.644. The van der Waals surface area contributed by atoms with Crippen LogP contribution in [0.4, 0.5) is 0 Å². The van der Waals surface area contributed by atoms with Gasteiger partial charge in [0, 0.05) is 16.8 Å². The number of fused-ring (bicyclic) bond motifs is 1. The fraction of sp³-hybridized carbons (Fsp3) is 0.308. The molecule has 0 aliphatic carbocycles. The van der Waals surface area contributed by atoms with Crippen molar-refractivity contribution in [2.75, 3.05) is 0 Å². The van der Waals surface area contributed by atoms with Crippen molar-refractivity contribution in [1.29, 1.82) is 0 Å². The molecule has 0 bridgehead atoms. The van der Waals surface area contributed by atoms with Gasteiger partial charge in [0.25, 0.3) is 5.56 Å². The van der Waals surface area contributed by atoms with Crippen LogP contribution in [0.3, 0.4) is 0 Å². The zero-order valence-electron chi connectivity index (χ0n) is 11.0. The zero-order valence-corrected chi connectivity index (χ0v) is 11.8. The number of aromatic nitrogens is 4. The quantitative estimate of drug-likeness (QED) is 0.779. The minimum atomic E-state index is -0.0633. The van der Waals surface area contributed by atoms with E-state index in [-0.39, 0.29) is 5.56 Å². The van der Waals surface area contributed by atoms with Gasteiger partial charge in [-0.15, -0.1) is 11.3 Å². The van der Waals surface area contributed by atoms with Crippen molar-refractivity contribution >= 4 is 21.6 Å². The second kappa shape index (κ2) is 4.31. The van der Waals surface area contributed by atoms with Crippen molar-refractivity contribution in [3.63, 3.8) is 0 Å². The first-order chi connectivity index (χ1) is 9.06. The Kier molecular flexibility index (Phi) is 2.74. The molecule has 1 N–H and O–H groups in total. The van der Waals surface area contributed by atoms with Gasteiger partial charge in [0.1, 0.15) is 10.7 Å². The van der Waals surface area contributed by atoms with Crippen LogP contribution in [0, 0.1) is 20.8 Å². The van der Waals surface area contributed by atoms with Crippen LogP contribution < -0.4 is 5.56 Å². The summed E-state index contributed by atoms with van der Waals surface area (Å²) in [6.45, 7) is 6.43. The van der Waals surface area contributed by atoms with Gasteiger partial charge in [-0.2, -0.15) is 5.10 Å². The van der Waals surface area contributed by atoms with Crippen LogP contribution in [-0.4, -0.2) is 19.7 Å². The van der Waals surface area contributed by atoms with Crippen molar-refractivity contribution in [2.24, 2.45) is 0 Å². The van der Waals surface area contributed by atoms with Gasteiger partial charge >= 0.3 is 0 Å². The van der Waals surface area contributed by atoms with Gasteiger partial charge in [0.15, 0.2) is 0 Å². The number of H-pyrrole nitrogens is 1. The number of aromatic amines is 1. The van der Waals surface area contributed by atoms with Crippen LogP contribution in [0.5, 0.6) is 0 Å². The Morgan fingerprint density at radius 1 is 1.37 bits per heavy atom. The van der Waals surface area contributed by atoms with Crippen molar-refractivity contribution in [2.45, 2.75) is 27.3 Å². The molecule has 0 fully saturated rings. The highest BCUT2D eigenvalue weighted by atomic mass is 32.1. The predicted octanol–water partition coefficient (Wildman–Crippen LogP) is 2.15. The van der Waals surface area contributed by atoms with Gasteiger partial charge in [0.2, 0.25) is 0 Å². The first-order valence-corrected chi connectivity index (χ1v) is 6.85. The van der Waals surface area contributed by atoms with Crippen molar-refractivity contribution in [1.82, 2.24) is 19.7 Å². The molecule has 0 spiro atoms. The highest BCUT2D eigenvalue weighted by molar-refractivity contribution is 7.18. The van der Waals surface area contributed by atoms with E-state index >= 15 is 0 Å². The van der Waals surface area contributed by atoms with Gasteiger partial charge < -0.3 is 4.98 Å². The van der Waals surface area contributed by atoms with E-state index in [2.05, 4.69) is 15.1 Å². The smallest absolute Gasteiger partial charge is 0.259 e. The molecule has 0 amide bonds. The molecule has 98 valence electrons. The van der Waals surface area contributed by atoms with Crippen LogP contribution in [0.1, 0.15) is 22.0 Å². The number of nitrogens with one attached hydrogen (secondary N) is 1. The Morgan fingerprint density at radius 2 is 2.16 bits per heavy atom. The minimum absolute atomic E-state index is 0.0633. The van der Waals surface area contributed by atoms with Crippen molar-refractivity contribution < 1.29 is 0 Å². The summed E-state index contributed by atoms with van der Waals surface area (Å²) >= 11 is 1.56. The van der Waals surface area contributed by atoms with Gasteiger partial charge in [-0.3, -0.25) is 9.48 Å². The molecule has 0 saturated heterocycles. The molecule has 19 heavy (non-hydrogen) atoms.